The lowest BCUT2D eigenvalue weighted by Gasteiger charge is -2.24. The van der Waals surface area contributed by atoms with Crippen molar-refractivity contribution in [2.45, 2.75) is 25.3 Å². The van der Waals surface area contributed by atoms with E-state index in [4.69, 9.17) is 23.1 Å². The van der Waals surface area contributed by atoms with E-state index in [1.807, 2.05) is 0 Å². The molecule has 2 N–H and O–H groups in total. The number of carboxylic acid groups (broad SMARTS) is 1. The van der Waals surface area contributed by atoms with E-state index in [1.54, 1.807) is 21.3 Å². The highest BCUT2D eigenvalue weighted by atomic mass is 28.4. The number of ether oxygens (including phenoxy) is 1. The Labute approximate surface area is 126 Å². The third-order valence-corrected chi connectivity index (χ3v) is 5.69. The second-order valence-electron chi connectivity index (χ2n) is 4.26. The van der Waals surface area contributed by atoms with Crippen molar-refractivity contribution in [3.63, 3.8) is 0 Å². The van der Waals surface area contributed by atoms with Crippen molar-refractivity contribution in [2.75, 3.05) is 41.0 Å². The summed E-state index contributed by atoms with van der Waals surface area (Å²) in [6.45, 7) is 1.46. The normalized spacial score (nSPS) is 11.4. The molecule has 0 radical (unpaired) electrons. The Bertz CT molecular complexity index is 302. The van der Waals surface area contributed by atoms with Crippen LogP contribution in [0.15, 0.2) is 0 Å². The molecule has 0 amide bonds. The number of esters is 1. The first-order chi connectivity index (χ1) is 9.99. The number of hydrogen-bond acceptors (Lipinski definition) is 7. The molecule has 8 nitrogen and oxygen atoms in total. The molecule has 0 aromatic heterocycles. The molecule has 0 aromatic rings. The smallest absolute Gasteiger partial charge is 0.481 e. The molecule has 0 saturated carbocycles. The van der Waals surface area contributed by atoms with Gasteiger partial charge in [0, 0.05) is 33.9 Å². The maximum absolute atomic E-state index is 11.1. The van der Waals surface area contributed by atoms with Crippen molar-refractivity contribution < 1.29 is 32.7 Å². The van der Waals surface area contributed by atoms with Crippen LogP contribution in [0.5, 0.6) is 0 Å². The second-order valence-corrected chi connectivity index (χ2v) is 7.35. The van der Waals surface area contributed by atoms with Crippen molar-refractivity contribution in [1.29, 1.82) is 0 Å². The molecule has 0 rings (SSSR count). The Morgan fingerprint density at radius 2 is 1.67 bits per heavy atom. The summed E-state index contributed by atoms with van der Waals surface area (Å²) in [5, 5.41) is 11.5. The lowest BCUT2D eigenvalue weighted by atomic mass is 10.3. The first kappa shape index (κ1) is 20.0. The number of carbonyl (C=O) groups is 2. The molecule has 0 saturated heterocycles. The van der Waals surface area contributed by atoms with Crippen LogP contribution in [0.3, 0.4) is 0 Å². The summed E-state index contributed by atoms with van der Waals surface area (Å²) in [4.78, 5) is 21.4. The van der Waals surface area contributed by atoms with Gasteiger partial charge in [0.1, 0.15) is 6.61 Å². The Balaban J connectivity index is 3.56. The molecular weight excluding hydrogens is 298 g/mol. The van der Waals surface area contributed by atoms with E-state index in [0.717, 1.165) is 13.0 Å². The molecule has 124 valence electrons. The molecule has 9 heteroatoms. The molecule has 0 bridgehead atoms. The van der Waals surface area contributed by atoms with E-state index < -0.39 is 20.7 Å². The first-order valence-electron chi connectivity index (χ1n) is 6.73. The van der Waals surface area contributed by atoms with Crippen LogP contribution in [0, 0.1) is 0 Å². The summed E-state index contributed by atoms with van der Waals surface area (Å²) < 4.78 is 20.7. The fourth-order valence-electron chi connectivity index (χ4n) is 1.63. The van der Waals surface area contributed by atoms with Gasteiger partial charge in [-0.2, -0.15) is 0 Å². The largest absolute Gasteiger partial charge is 0.500 e. The zero-order valence-corrected chi connectivity index (χ0v) is 13.8. The third kappa shape index (κ3) is 9.53. The van der Waals surface area contributed by atoms with Crippen LogP contribution in [-0.2, 0) is 27.6 Å². The van der Waals surface area contributed by atoms with Gasteiger partial charge in [0.05, 0.1) is 12.8 Å². The average molecular weight is 323 g/mol. The SMILES string of the molecule is CO[Si](CCCNCCOC(=O)CCC(=O)O)(OC)OC. The van der Waals surface area contributed by atoms with Crippen molar-refractivity contribution in [3.05, 3.63) is 0 Å². The van der Waals surface area contributed by atoms with Crippen LogP contribution in [0.4, 0.5) is 0 Å². The summed E-state index contributed by atoms with van der Waals surface area (Å²) in [7, 11) is 2.21. The average Bonchev–Trinajstić information content (AvgIpc) is 2.48. The maximum Gasteiger partial charge on any atom is 0.500 e. The van der Waals surface area contributed by atoms with Gasteiger partial charge in [-0.25, -0.2) is 0 Å². The fourth-order valence-corrected chi connectivity index (χ4v) is 3.35. The van der Waals surface area contributed by atoms with Gasteiger partial charge in [-0.05, 0) is 13.0 Å². The highest BCUT2D eigenvalue weighted by molar-refractivity contribution is 6.60. The molecule has 0 unspecified atom stereocenters. The van der Waals surface area contributed by atoms with Gasteiger partial charge in [-0.1, -0.05) is 0 Å². The van der Waals surface area contributed by atoms with Crippen LogP contribution in [0.2, 0.25) is 6.04 Å². The highest BCUT2D eigenvalue weighted by Crippen LogP contribution is 2.14. The van der Waals surface area contributed by atoms with Gasteiger partial charge in [0.25, 0.3) is 0 Å². The summed E-state index contributed by atoms with van der Waals surface area (Å²) >= 11 is 0. The second kappa shape index (κ2) is 11.6. The monoisotopic (exact) mass is 323 g/mol. The Morgan fingerprint density at radius 3 is 2.19 bits per heavy atom. The van der Waals surface area contributed by atoms with E-state index in [-0.39, 0.29) is 19.4 Å². The zero-order chi connectivity index (χ0) is 16.1. The van der Waals surface area contributed by atoms with Crippen molar-refractivity contribution in [2.24, 2.45) is 0 Å². The highest BCUT2D eigenvalue weighted by Gasteiger charge is 2.36. The van der Waals surface area contributed by atoms with E-state index in [9.17, 15) is 9.59 Å². The van der Waals surface area contributed by atoms with Crippen LogP contribution >= 0.6 is 0 Å². The molecule has 0 aromatic carbocycles. The number of carboxylic acids is 1. The number of aliphatic carboxylic acids is 1. The van der Waals surface area contributed by atoms with Gasteiger partial charge in [-0.3, -0.25) is 9.59 Å². The minimum Gasteiger partial charge on any atom is -0.481 e. The van der Waals surface area contributed by atoms with E-state index in [0.29, 0.717) is 12.6 Å². The number of nitrogens with one attached hydrogen (secondary N) is 1. The van der Waals surface area contributed by atoms with Gasteiger partial charge in [0.15, 0.2) is 0 Å². The maximum atomic E-state index is 11.1. The lowest BCUT2D eigenvalue weighted by Crippen LogP contribution is -2.43. The minimum atomic E-state index is -2.51. The van der Waals surface area contributed by atoms with Crippen molar-refractivity contribution in [3.8, 4) is 0 Å². The lowest BCUT2D eigenvalue weighted by molar-refractivity contribution is -0.147. The number of rotatable bonds is 13. The van der Waals surface area contributed by atoms with E-state index >= 15 is 0 Å². The molecule has 0 aliphatic carbocycles. The first-order valence-corrected chi connectivity index (χ1v) is 8.66. The minimum absolute atomic E-state index is 0.0982. The van der Waals surface area contributed by atoms with Crippen LogP contribution in [0.25, 0.3) is 0 Å². The predicted octanol–water partition coefficient (Wildman–Crippen LogP) is 0.252. The quantitative estimate of drug-likeness (QED) is 0.282. The summed E-state index contributed by atoms with van der Waals surface area (Å²) in [5.41, 5.74) is 0. The molecule has 21 heavy (non-hydrogen) atoms. The van der Waals surface area contributed by atoms with E-state index in [1.165, 1.54) is 0 Å². The summed E-state index contributed by atoms with van der Waals surface area (Å²) in [5.74, 6) is -1.50. The van der Waals surface area contributed by atoms with Crippen molar-refractivity contribution in [1.82, 2.24) is 5.32 Å². The Hall–Kier alpha value is -1.00. The molecule has 0 fully saturated rings. The molecule has 0 atom stereocenters. The fraction of sp³-hybridized carbons (Fsp3) is 0.833. The van der Waals surface area contributed by atoms with E-state index in [2.05, 4.69) is 5.32 Å². The van der Waals surface area contributed by atoms with Crippen molar-refractivity contribution >= 4 is 20.7 Å². The molecule has 0 spiro atoms. The predicted molar refractivity (Wildman–Crippen MR) is 76.9 cm³/mol. The summed E-state index contributed by atoms with van der Waals surface area (Å²) in [6.07, 6.45) is 0.512. The zero-order valence-electron chi connectivity index (χ0n) is 12.8. The molecule has 0 aliphatic rings. The molecule has 0 aliphatic heterocycles. The third-order valence-electron chi connectivity index (χ3n) is 2.85. The van der Waals surface area contributed by atoms with Gasteiger partial charge < -0.3 is 28.4 Å². The molecular formula is C12H25NO7Si. The Morgan fingerprint density at radius 1 is 1.05 bits per heavy atom. The summed E-state index contributed by atoms with van der Waals surface area (Å²) in [6, 6.07) is 0.696. The standard InChI is InChI=1S/C12H25NO7Si/c1-17-21(18-2,19-3)10-4-7-13-8-9-20-12(16)6-5-11(14)15/h13H,4-10H2,1-3H3,(H,14,15). The van der Waals surface area contributed by atoms with Crippen LogP contribution < -0.4 is 5.32 Å². The Kier molecular flexibility index (Phi) is 11.1. The molecule has 0 heterocycles. The van der Waals surface area contributed by atoms with Gasteiger partial charge in [-0.15, -0.1) is 0 Å². The van der Waals surface area contributed by atoms with Gasteiger partial charge in [0.2, 0.25) is 0 Å². The van der Waals surface area contributed by atoms with Crippen LogP contribution in [0.1, 0.15) is 19.3 Å². The van der Waals surface area contributed by atoms with Gasteiger partial charge >= 0.3 is 20.7 Å². The number of hydrogen-bond donors (Lipinski definition) is 2. The topological polar surface area (TPSA) is 103 Å². The number of carbonyl (C=O) groups excluding carboxylic acids is 1. The van der Waals surface area contributed by atoms with Crippen LogP contribution in [-0.4, -0.2) is 66.9 Å².